The summed E-state index contributed by atoms with van der Waals surface area (Å²) in [6.45, 7) is 1.34. The highest BCUT2D eigenvalue weighted by molar-refractivity contribution is 9.09. The van der Waals surface area contributed by atoms with Gasteiger partial charge in [-0.25, -0.2) is 8.78 Å². The standard InChI is InChI=1S/C12H13BrF2O/c13-12(8-4-6-16-7-5-8)11-9(14)2-1-3-10(11)15/h1-3,8,12H,4-7H2. The Morgan fingerprint density at radius 1 is 1.19 bits per heavy atom. The van der Waals surface area contributed by atoms with Gasteiger partial charge in [-0.2, -0.15) is 0 Å². The number of hydrogen-bond donors (Lipinski definition) is 0. The minimum atomic E-state index is -0.478. The number of hydrogen-bond acceptors (Lipinski definition) is 1. The molecule has 1 saturated heterocycles. The molecule has 16 heavy (non-hydrogen) atoms. The summed E-state index contributed by atoms with van der Waals surface area (Å²) < 4.78 is 32.3. The summed E-state index contributed by atoms with van der Waals surface area (Å²) in [6, 6.07) is 3.98. The highest BCUT2D eigenvalue weighted by Gasteiger charge is 2.27. The van der Waals surface area contributed by atoms with Gasteiger partial charge >= 0.3 is 0 Å². The Balaban J connectivity index is 2.22. The third-order valence-corrected chi connectivity index (χ3v) is 4.16. The fourth-order valence-electron chi connectivity index (χ4n) is 2.02. The van der Waals surface area contributed by atoms with Crippen LogP contribution in [0, 0.1) is 17.6 Å². The zero-order valence-corrected chi connectivity index (χ0v) is 10.3. The van der Waals surface area contributed by atoms with Crippen molar-refractivity contribution in [2.75, 3.05) is 13.2 Å². The Labute approximate surface area is 102 Å². The SMILES string of the molecule is Fc1cccc(F)c1C(Br)C1CCOCC1. The van der Waals surface area contributed by atoms with E-state index >= 15 is 0 Å². The van der Waals surface area contributed by atoms with Crippen LogP contribution < -0.4 is 0 Å². The summed E-state index contributed by atoms with van der Waals surface area (Å²) in [5, 5.41) is 0. The minimum Gasteiger partial charge on any atom is -0.381 e. The summed E-state index contributed by atoms with van der Waals surface area (Å²) in [5.74, 6) is -0.720. The van der Waals surface area contributed by atoms with Crippen LogP contribution in [0.3, 0.4) is 0 Å². The molecular formula is C12H13BrF2O. The second-order valence-corrected chi connectivity index (χ2v) is 4.97. The maximum Gasteiger partial charge on any atom is 0.130 e. The monoisotopic (exact) mass is 290 g/mol. The number of ether oxygens (including phenoxy) is 1. The number of rotatable bonds is 2. The molecule has 1 aliphatic heterocycles. The van der Waals surface area contributed by atoms with Crippen LogP contribution in [-0.4, -0.2) is 13.2 Å². The smallest absolute Gasteiger partial charge is 0.130 e. The lowest BCUT2D eigenvalue weighted by Crippen LogP contribution is -2.20. The Hall–Kier alpha value is -0.480. The van der Waals surface area contributed by atoms with Gasteiger partial charge in [0.1, 0.15) is 11.6 Å². The second-order valence-electron chi connectivity index (χ2n) is 3.99. The van der Waals surface area contributed by atoms with Crippen LogP contribution in [0.1, 0.15) is 23.2 Å². The molecule has 0 bridgehead atoms. The molecule has 1 heterocycles. The van der Waals surface area contributed by atoms with E-state index in [-0.39, 0.29) is 16.3 Å². The van der Waals surface area contributed by atoms with Crippen molar-refractivity contribution in [1.82, 2.24) is 0 Å². The molecule has 88 valence electrons. The van der Waals surface area contributed by atoms with E-state index in [0.29, 0.717) is 13.2 Å². The summed E-state index contributed by atoms with van der Waals surface area (Å²) in [7, 11) is 0. The Morgan fingerprint density at radius 2 is 1.75 bits per heavy atom. The van der Waals surface area contributed by atoms with Crippen molar-refractivity contribution < 1.29 is 13.5 Å². The molecule has 2 rings (SSSR count). The third kappa shape index (κ3) is 2.43. The molecule has 1 aliphatic rings. The highest BCUT2D eigenvalue weighted by Crippen LogP contribution is 2.39. The fourth-order valence-corrected chi connectivity index (χ4v) is 2.98. The first-order chi connectivity index (χ1) is 7.70. The maximum atomic E-state index is 13.6. The lowest BCUT2D eigenvalue weighted by atomic mass is 9.92. The molecule has 0 radical (unpaired) electrons. The van der Waals surface area contributed by atoms with E-state index in [1.54, 1.807) is 0 Å². The molecule has 0 N–H and O–H groups in total. The van der Waals surface area contributed by atoms with Gasteiger partial charge in [-0.1, -0.05) is 22.0 Å². The first-order valence-electron chi connectivity index (χ1n) is 5.36. The predicted octanol–water partition coefficient (Wildman–Crippen LogP) is 3.83. The average Bonchev–Trinajstić information content (AvgIpc) is 2.30. The normalized spacial score (nSPS) is 19.7. The van der Waals surface area contributed by atoms with E-state index in [9.17, 15) is 8.78 Å². The van der Waals surface area contributed by atoms with Crippen LogP contribution in [-0.2, 0) is 4.74 Å². The van der Waals surface area contributed by atoms with Crippen molar-refractivity contribution >= 4 is 15.9 Å². The van der Waals surface area contributed by atoms with Crippen LogP contribution in [0.25, 0.3) is 0 Å². The van der Waals surface area contributed by atoms with Crippen LogP contribution in [0.2, 0.25) is 0 Å². The second kappa shape index (κ2) is 5.23. The van der Waals surface area contributed by atoms with Crippen molar-refractivity contribution in [1.29, 1.82) is 0 Å². The molecule has 1 fully saturated rings. The van der Waals surface area contributed by atoms with E-state index < -0.39 is 11.6 Å². The van der Waals surface area contributed by atoms with Gasteiger partial charge in [-0.15, -0.1) is 0 Å². The van der Waals surface area contributed by atoms with Crippen LogP contribution in [0.4, 0.5) is 8.78 Å². The molecule has 1 nitrogen and oxygen atoms in total. The summed E-state index contributed by atoms with van der Waals surface area (Å²) in [5.41, 5.74) is 0.148. The van der Waals surface area contributed by atoms with Gasteiger partial charge < -0.3 is 4.74 Å². The number of halogens is 3. The molecule has 0 amide bonds. The third-order valence-electron chi connectivity index (χ3n) is 2.96. The van der Waals surface area contributed by atoms with Crippen molar-refractivity contribution in [3.8, 4) is 0 Å². The van der Waals surface area contributed by atoms with E-state index in [1.807, 2.05) is 0 Å². The molecular weight excluding hydrogens is 278 g/mol. The first kappa shape index (κ1) is 12.0. The van der Waals surface area contributed by atoms with Gasteiger partial charge in [-0.05, 0) is 30.9 Å². The van der Waals surface area contributed by atoms with E-state index in [4.69, 9.17) is 4.74 Å². The summed E-state index contributed by atoms with van der Waals surface area (Å²) in [4.78, 5) is -0.266. The van der Waals surface area contributed by atoms with Crippen molar-refractivity contribution in [2.45, 2.75) is 17.7 Å². The largest absolute Gasteiger partial charge is 0.381 e. The van der Waals surface area contributed by atoms with Gasteiger partial charge in [0.2, 0.25) is 0 Å². The van der Waals surface area contributed by atoms with E-state index in [1.165, 1.54) is 18.2 Å². The highest BCUT2D eigenvalue weighted by atomic mass is 79.9. The molecule has 1 aromatic carbocycles. The van der Waals surface area contributed by atoms with Crippen molar-refractivity contribution in [3.63, 3.8) is 0 Å². The van der Waals surface area contributed by atoms with Gasteiger partial charge in [0, 0.05) is 23.6 Å². The molecule has 1 unspecified atom stereocenters. The molecule has 1 atom stereocenters. The van der Waals surface area contributed by atoms with Gasteiger partial charge in [-0.3, -0.25) is 0 Å². The van der Waals surface area contributed by atoms with E-state index in [0.717, 1.165) is 12.8 Å². The van der Waals surface area contributed by atoms with Crippen LogP contribution in [0.15, 0.2) is 18.2 Å². The number of alkyl halides is 1. The zero-order valence-electron chi connectivity index (χ0n) is 8.76. The molecule has 1 aromatic rings. The Bertz CT molecular complexity index is 344. The minimum absolute atomic E-state index is 0.148. The van der Waals surface area contributed by atoms with E-state index in [2.05, 4.69) is 15.9 Å². The van der Waals surface area contributed by atoms with Gasteiger partial charge in [0.25, 0.3) is 0 Å². The topological polar surface area (TPSA) is 9.23 Å². The Kier molecular flexibility index (Phi) is 3.92. The fraction of sp³-hybridized carbons (Fsp3) is 0.500. The first-order valence-corrected chi connectivity index (χ1v) is 6.27. The lowest BCUT2D eigenvalue weighted by Gasteiger charge is -2.27. The molecule has 0 spiro atoms. The maximum absolute atomic E-state index is 13.6. The molecule has 0 saturated carbocycles. The molecule has 0 aliphatic carbocycles. The van der Waals surface area contributed by atoms with Crippen LogP contribution >= 0.6 is 15.9 Å². The summed E-state index contributed by atoms with van der Waals surface area (Å²) >= 11 is 3.41. The Morgan fingerprint density at radius 3 is 2.31 bits per heavy atom. The van der Waals surface area contributed by atoms with Gasteiger partial charge in [0.15, 0.2) is 0 Å². The quantitative estimate of drug-likeness (QED) is 0.752. The average molecular weight is 291 g/mol. The predicted molar refractivity (Wildman–Crippen MR) is 61.6 cm³/mol. The zero-order chi connectivity index (χ0) is 11.5. The van der Waals surface area contributed by atoms with Gasteiger partial charge in [0.05, 0.1) is 0 Å². The number of benzene rings is 1. The van der Waals surface area contributed by atoms with Crippen LogP contribution in [0.5, 0.6) is 0 Å². The lowest BCUT2D eigenvalue weighted by molar-refractivity contribution is 0.0657. The summed E-state index contributed by atoms with van der Waals surface area (Å²) in [6.07, 6.45) is 1.67. The molecule has 0 aromatic heterocycles. The molecule has 4 heteroatoms. The van der Waals surface area contributed by atoms with Crippen molar-refractivity contribution in [3.05, 3.63) is 35.4 Å². The van der Waals surface area contributed by atoms with Crippen molar-refractivity contribution in [2.24, 2.45) is 5.92 Å².